The van der Waals surface area contributed by atoms with E-state index >= 15 is 0 Å². The van der Waals surface area contributed by atoms with Gasteiger partial charge in [-0.1, -0.05) is 23.5 Å². The van der Waals surface area contributed by atoms with E-state index in [1.54, 1.807) is 16.2 Å². The summed E-state index contributed by atoms with van der Waals surface area (Å²) < 4.78 is 1.17. The lowest BCUT2D eigenvalue weighted by atomic mass is 10.1. The number of amides is 1. The maximum atomic E-state index is 12.8. The fourth-order valence-electron chi connectivity index (χ4n) is 3.37. The van der Waals surface area contributed by atoms with Crippen molar-refractivity contribution >= 4 is 32.6 Å². The number of anilines is 1. The summed E-state index contributed by atoms with van der Waals surface area (Å²) >= 11 is 1.67. The topological polar surface area (TPSA) is 69.3 Å². The number of thiazole rings is 1. The largest absolute Gasteiger partial charge is 0.345 e. The molecule has 3 aromatic rings. The summed E-state index contributed by atoms with van der Waals surface area (Å²) in [5, 5.41) is 0.989. The quantitative estimate of drug-likeness (QED) is 0.755. The number of hydrogen-bond acceptors (Lipinski definition) is 5. The Balaban J connectivity index is 1.50. The number of carbonyl (C=O) groups is 1. The molecule has 1 aromatic carbocycles. The van der Waals surface area contributed by atoms with E-state index in [9.17, 15) is 9.59 Å². The highest BCUT2D eigenvalue weighted by molar-refractivity contribution is 7.22. The van der Waals surface area contributed by atoms with Gasteiger partial charge < -0.3 is 14.8 Å². The number of rotatable bonds is 2. The van der Waals surface area contributed by atoms with Gasteiger partial charge in [0.2, 0.25) is 0 Å². The summed E-state index contributed by atoms with van der Waals surface area (Å²) in [4.78, 5) is 36.4. The molecule has 1 aliphatic heterocycles. The van der Waals surface area contributed by atoms with E-state index in [0.29, 0.717) is 26.2 Å². The first kappa shape index (κ1) is 16.8. The van der Waals surface area contributed by atoms with Gasteiger partial charge in [-0.15, -0.1) is 0 Å². The first-order valence-corrected chi connectivity index (χ1v) is 9.45. The lowest BCUT2D eigenvalue weighted by molar-refractivity contribution is 0.0744. The summed E-state index contributed by atoms with van der Waals surface area (Å²) in [7, 11) is 0. The second-order valence-corrected chi connectivity index (χ2v) is 7.59. The number of benzene rings is 1. The van der Waals surface area contributed by atoms with Gasteiger partial charge in [0.05, 0.1) is 10.2 Å². The summed E-state index contributed by atoms with van der Waals surface area (Å²) in [5.74, 6) is -0.187. The molecule has 0 spiro atoms. The van der Waals surface area contributed by atoms with Gasteiger partial charge in [0.1, 0.15) is 5.56 Å². The number of hydrogen-bond donors (Lipinski definition) is 1. The number of nitrogens with one attached hydrogen (secondary N) is 1. The molecule has 0 saturated carbocycles. The van der Waals surface area contributed by atoms with Gasteiger partial charge >= 0.3 is 0 Å². The molecule has 1 fully saturated rings. The van der Waals surface area contributed by atoms with E-state index in [2.05, 4.69) is 20.9 Å². The number of fused-ring (bicyclic) bond motifs is 1. The zero-order valence-electron chi connectivity index (χ0n) is 14.8. The maximum Gasteiger partial charge on any atom is 0.261 e. The molecule has 0 atom stereocenters. The number of aryl methyl sites for hydroxylation is 2. The number of aromatic nitrogens is 2. The minimum Gasteiger partial charge on any atom is -0.345 e. The molecule has 0 unspecified atom stereocenters. The van der Waals surface area contributed by atoms with Crippen molar-refractivity contribution in [3.63, 3.8) is 0 Å². The second-order valence-electron chi connectivity index (χ2n) is 6.58. The molecule has 26 heavy (non-hydrogen) atoms. The Labute approximate surface area is 155 Å². The first-order valence-electron chi connectivity index (χ1n) is 8.63. The molecule has 1 saturated heterocycles. The molecule has 1 N–H and O–H groups in total. The van der Waals surface area contributed by atoms with Crippen molar-refractivity contribution in [2.24, 2.45) is 0 Å². The predicted molar refractivity (Wildman–Crippen MR) is 104 cm³/mol. The van der Waals surface area contributed by atoms with Crippen LogP contribution in [-0.4, -0.2) is 47.0 Å². The molecule has 0 radical (unpaired) electrons. The Kier molecular flexibility index (Phi) is 4.24. The van der Waals surface area contributed by atoms with Crippen LogP contribution in [0.2, 0.25) is 0 Å². The molecule has 3 heterocycles. The average Bonchev–Trinajstić information content (AvgIpc) is 3.05. The Morgan fingerprint density at radius 3 is 2.58 bits per heavy atom. The molecule has 134 valence electrons. The summed E-state index contributed by atoms with van der Waals surface area (Å²) in [6, 6.07) is 9.93. The summed E-state index contributed by atoms with van der Waals surface area (Å²) in [5.41, 5.74) is 2.45. The highest BCUT2D eigenvalue weighted by Crippen LogP contribution is 2.29. The fourth-order valence-corrected chi connectivity index (χ4v) is 4.39. The van der Waals surface area contributed by atoms with Crippen LogP contribution in [0.5, 0.6) is 0 Å². The van der Waals surface area contributed by atoms with Gasteiger partial charge in [0, 0.05) is 31.9 Å². The molecule has 1 aliphatic rings. The van der Waals surface area contributed by atoms with Gasteiger partial charge in [0.25, 0.3) is 11.5 Å². The molecule has 6 nitrogen and oxygen atoms in total. The Morgan fingerprint density at radius 1 is 1.15 bits per heavy atom. The maximum absolute atomic E-state index is 12.8. The third-order valence-electron chi connectivity index (χ3n) is 4.70. The van der Waals surface area contributed by atoms with E-state index in [-0.39, 0.29) is 17.0 Å². The Hall–Kier alpha value is -2.67. The van der Waals surface area contributed by atoms with Crippen LogP contribution in [0.4, 0.5) is 5.13 Å². The highest BCUT2D eigenvalue weighted by atomic mass is 32.1. The summed E-state index contributed by atoms with van der Waals surface area (Å²) in [6.07, 6.45) is 0. The number of H-pyrrole nitrogens is 1. The highest BCUT2D eigenvalue weighted by Gasteiger charge is 2.26. The number of para-hydroxylation sites is 1. The van der Waals surface area contributed by atoms with Crippen molar-refractivity contribution in [3.05, 3.63) is 57.5 Å². The van der Waals surface area contributed by atoms with E-state index < -0.39 is 0 Å². The molecular formula is C19H20N4O2S. The van der Waals surface area contributed by atoms with Crippen LogP contribution in [0.25, 0.3) is 10.2 Å². The van der Waals surface area contributed by atoms with E-state index in [1.807, 2.05) is 38.1 Å². The van der Waals surface area contributed by atoms with Gasteiger partial charge in [-0.3, -0.25) is 9.59 Å². The number of pyridine rings is 1. The standard InChI is InChI=1S/C19H20N4O2S/c1-12-11-13(2)20-17(24)16(12)18(25)22-7-9-23(10-8-22)19-21-14-5-3-4-6-15(14)26-19/h3-6,11H,7-10H2,1-2H3,(H,20,24). The third-order valence-corrected chi connectivity index (χ3v) is 5.80. The van der Waals surface area contributed by atoms with Crippen molar-refractivity contribution < 1.29 is 4.79 Å². The first-order chi connectivity index (χ1) is 12.5. The Morgan fingerprint density at radius 2 is 1.88 bits per heavy atom. The Bertz CT molecular complexity index is 998. The van der Waals surface area contributed by atoms with Crippen LogP contribution in [0, 0.1) is 13.8 Å². The van der Waals surface area contributed by atoms with E-state index in [4.69, 9.17) is 0 Å². The lowest BCUT2D eigenvalue weighted by Gasteiger charge is -2.34. The van der Waals surface area contributed by atoms with Crippen molar-refractivity contribution in [2.45, 2.75) is 13.8 Å². The van der Waals surface area contributed by atoms with Gasteiger partial charge in [-0.2, -0.15) is 0 Å². The number of aromatic amines is 1. The molecular weight excluding hydrogens is 348 g/mol. The molecule has 4 rings (SSSR count). The van der Waals surface area contributed by atoms with Gasteiger partial charge in [-0.05, 0) is 37.6 Å². The second kappa shape index (κ2) is 6.57. The van der Waals surface area contributed by atoms with Crippen molar-refractivity contribution in [3.8, 4) is 0 Å². The average molecular weight is 368 g/mol. The molecule has 0 bridgehead atoms. The van der Waals surface area contributed by atoms with Crippen LogP contribution >= 0.6 is 11.3 Å². The van der Waals surface area contributed by atoms with Crippen LogP contribution < -0.4 is 10.5 Å². The number of piperazine rings is 1. The predicted octanol–water partition coefficient (Wildman–Crippen LogP) is 2.56. The minimum absolute atomic E-state index is 0.187. The zero-order valence-corrected chi connectivity index (χ0v) is 15.6. The molecule has 1 amide bonds. The molecule has 0 aliphatic carbocycles. The van der Waals surface area contributed by atoms with Crippen LogP contribution in [0.15, 0.2) is 35.1 Å². The SMILES string of the molecule is Cc1cc(C)c(C(=O)N2CCN(c3nc4ccccc4s3)CC2)c(=O)[nH]1. The number of nitrogens with zero attached hydrogens (tertiary/aromatic N) is 3. The van der Waals surface area contributed by atoms with Gasteiger partial charge in [0.15, 0.2) is 5.13 Å². The van der Waals surface area contributed by atoms with E-state index in [0.717, 1.165) is 21.9 Å². The molecule has 2 aromatic heterocycles. The van der Waals surface area contributed by atoms with Crippen LogP contribution in [-0.2, 0) is 0 Å². The van der Waals surface area contributed by atoms with Crippen LogP contribution in [0.1, 0.15) is 21.6 Å². The number of carbonyl (C=O) groups excluding carboxylic acids is 1. The van der Waals surface area contributed by atoms with Crippen LogP contribution in [0.3, 0.4) is 0 Å². The van der Waals surface area contributed by atoms with E-state index in [1.165, 1.54) is 4.70 Å². The summed E-state index contributed by atoms with van der Waals surface area (Å²) in [6.45, 7) is 6.23. The third kappa shape index (κ3) is 2.99. The van der Waals surface area contributed by atoms with Crippen molar-refractivity contribution in [2.75, 3.05) is 31.1 Å². The normalized spacial score (nSPS) is 14.8. The fraction of sp³-hybridized carbons (Fsp3) is 0.316. The van der Waals surface area contributed by atoms with Gasteiger partial charge in [-0.25, -0.2) is 4.98 Å². The minimum atomic E-state index is -0.305. The smallest absolute Gasteiger partial charge is 0.261 e. The monoisotopic (exact) mass is 368 g/mol. The zero-order chi connectivity index (χ0) is 18.3. The van der Waals surface area contributed by atoms with Crippen molar-refractivity contribution in [1.29, 1.82) is 0 Å². The van der Waals surface area contributed by atoms with Crippen molar-refractivity contribution in [1.82, 2.24) is 14.9 Å². The molecule has 7 heteroatoms. The lowest BCUT2D eigenvalue weighted by Crippen LogP contribution is -2.49.